The predicted molar refractivity (Wildman–Crippen MR) is 99.5 cm³/mol. The molecule has 3 rings (SSSR count). The van der Waals surface area contributed by atoms with Crippen LogP contribution in [0.5, 0.6) is 0 Å². The lowest BCUT2D eigenvalue weighted by Crippen LogP contribution is -1.92. The van der Waals surface area contributed by atoms with Crippen LogP contribution < -0.4 is 0 Å². The van der Waals surface area contributed by atoms with Crippen molar-refractivity contribution in [3.8, 4) is 22.3 Å². The summed E-state index contributed by atoms with van der Waals surface area (Å²) in [5.41, 5.74) is 7.92. The lowest BCUT2D eigenvalue weighted by Gasteiger charge is -2.14. The summed E-state index contributed by atoms with van der Waals surface area (Å²) >= 11 is 2.48. The van der Waals surface area contributed by atoms with Crippen molar-refractivity contribution in [1.82, 2.24) is 0 Å². The van der Waals surface area contributed by atoms with Crippen LogP contribution in [0.1, 0.15) is 11.1 Å². The van der Waals surface area contributed by atoms with E-state index in [-0.39, 0.29) is 0 Å². The van der Waals surface area contributed by atoms with Gasteiger partial charge in [0.05, 0.1) is 0 Å². The first kappa shape index (κ1) is 14.3. The van der Waals surface area contributed by atoms with E-state index in [0.29, 0.717) is 0 Å². The van der Waals surface area contributed by atoms with Gasteiger partial charge in [-0.25, -0.2) is 0 Å². The van der Waals surface area contributed by atoms with Gasteiger partial charge >= 0.3 is 0 Å². The molecule has 0 spiro atoms. The summed E-state index contributed by atoms with van der Waals surface area (Å²) in [7, 11) is 0. The van der Waals surface area contributed by atoms with Crippen molar-refractivity contribution < 1.29 is 0 Å². The number of halogens is 1. The summed E-state index contributed by atoms with van der Waals surface area (Å²) in [6.45, 7) is 4.38. The summed E-state index contributed by atoms with van der Waals surface area (Å²) in [6, 6.07) is 23.7. The Balaban J connectivity index is 2.20. The molecule has 0 saturated carbocycles. The van der Waals surface area contributed by atoms with E-state index < -0.39 is 0 Å². The predicted octanol–water partition coefficient (Wildman–Crippen LogP) is 6.24. The molecule has 0 heterocycles. The average molecular weight is 384 g/mol. The molecule has 0 unspecified atom stereocenters. The molecule has 0 aliphatic heterocycles. The van der Waals surface area contributed by atoms with Crippen molar-refractivity contribution in [1.29, 1.82) is 0 Å². The number of hydrogen-bond donors (Lipinski definition) is 0. The zero-order valence-electron chi connectivity index (χ0n) is 12.2. The van der Waals surface area contributed by atoms with Gasteiger partial charge in [-0.1, -0.05) is 66.7 Å². The molecular formula is C20H17I. The molecule has 21 heavy (non-hydrogen) atoms. The molecular weight excluding hydrogens is 367 g/mol. The van der Waals surface area contributed by atoms with E-state index in [9.17, 15) is 0 Å². The highest BCUT2D eigenvalue weighted by atomic mass is 127. The number of aryl methyl sites for hydroxylation is 1. The van der Waals surface area contributed by atoms with Crippen molar-refractivity contribution in [2.75, 3.05) is 0 Å². The van der Waals surface area contributed by atoms with Crippen LogP contribution in [0.2, 0.25) is 0 Å². The van der Waals surface area contributed by atoms with Crippen LogP contribution in [-0.2, 0) is 0 Å². The van der Waals surface area contributed by atoms with Gasteiger partial charge in [-0.15, -0.1) is 0 Å². The van der Waals surface area contributed by atoms with E-state index in [0.717, 1.165) is 0 Å². The first-order valence-electron chi connectivity index (χ1n) is 7.09. The Morgan fingerprint density at radius 1 is 0.619 bits per heavy atom. The maximum absolute atomic E-state index is 2.48. The highest BCUT2D eigenvalue weighted by Crippen LogP contribution is 2.35. The van der Waals surface area contributed by atoms with Crippen LogP contribution in [-0.4, -0.2) is 0 Å². The summed E-state index contributed by atoms with van der Waals surface area (Å²) < 4.78 is 1.31. The first-order valence-corrected chi connectivity index (χ1v) is 8.17. The Labute approximate surface area is 140 Å². The van der Waals surface area contributed by atoms with Crippen molar-refractivity contribution in [3.63, 3.8) is 0 Å². The van der Waals surface area contributed by atoms with Crippen LogP contribution in [0, 0.1) is 17.4 Å². The SMILES string of the molecule is Cc1cccc(-c2cccc(-c3ccccc3)c2I)c1C. The van der Waals surface area contributed by atoms with Gasteiger partial charge in [0.15, 0.2) is 0 Å². The zero-order chi connectivity index (χ0) is 14.8. The Morgan fingerprint density at radius 3 is 2.00 bits per heavy atom. The fraction of sp³-hybridized carbons (Fsp3) is 0.100. The van der Waals surface area contributed by atoms with E-state index in [2.05, 4.69) is 103 Å². The lowest BCUT2D eigenvalue weighted by atomic mass is 9.94. The highest BCUT2D eigenvalue weighted by molar-refractivity contribution is 14.1. The average Bonchev–Trinajstić information content (AvgIpc) is 2.52. The largest absolute Gasteiger partial charge is 0.0622 e. The molecule has 0 nitrogen and oxygen atoms in total. The van der Waals surface area contributed by atoms with Gasteiger partial charge in [0.25, 0.3) is 0 Å². The zero-order valence-corrected chi connectivity index (χ0v) is 14.4. The molecule has 0 radical (unpaired) electrons. The number of benzene rings is 3. The molecule has 0 aliphatic rings. The molecule has 0 fully saturated rings. The molecule has 0 aliphatic carbocycles. The van der Waals surface area contributed by atoms with Gasteiger partial charge in [-0.2, -0.15) is 0 Å². The van der Waals surface area contributed by atoms with Crippen molar-refractivity contribution in [2.45, 2.75) is 13.8 Å². The van der Waals surface area contributed by atoms with Crippen molar-refractivity contribution >= 4 is 22.6 Å². The minimum Gasteiger partial charge on any atom is -0.0622 e. The smallest absolute Gasteiger partial charge is 0.0287 e. The van der Waals surface area contributed by atoms with Crippen LogP contribution in [0.15, 0.2) is 66.7 Å². The molecule has 0 N–H and O–H groups in total. The Hall–Kier alpha value is -1.61. The molecule has 1 heteroatoms. The molecule has 0 aromatic heterocycles. The molecule has 3 aromatic rings. The van der Waals surface area contributed by atoms with Gasteiger partial charge in [0.1, 0.15) is 0 Å². The molecule has 104 valence electrons. The van der Waals surface area contributed by atoms with E-state index in [4.69, 9.17) is 0 Å². The van der Waals surface area contributed by atoms with Crippen LogP contribution >= 0.6 is 22.6 Å². The third kappa shape index (κ3) is 2.75. The molecule has 3 aromatic carbocycles. The van der Waals surface area contributed by atoms with Crippen molar-refractivity contribution in [3.05, 3.63) is 81.4 Å². The van der Waals surface area contributed by atoms with Crippen molar-refractivity contribution in [2.24, 2.45) is 0 Å². The maximum atomic E-state index is 2.48. The Bertz CT molecular complexity index is 773. The normalized spacial score (nSPS) is 10.6. The fourth-order valence-electron chi connectivity index (χ4n) is 2.62. The highest BCUT2D eigenvalue weighted by Gasteiger charge is 2.11. The second kappa shape index (κ2) is 6.02. The van der Waals surface area contributed by atoms with Gasteiger partial charge in [0.2, 0.25) is 0 Å². The molecule has 0 amide bonds. The van der Waals surface area contributed by atoms with Gasteiger partial charge in [-0.3, -0.25) is 0 Å². The minimum absolute atomic E-state index is 1.27. The minimum atomic E-state index is 1.27. The Kier molecular flexibility index (Phi) is 4.11. The second-order valence-electron chi connectivity index (χ2n) is 5.28. The monoisotopic (exact) mass is 384 g/mol. The quantitative estimate of drug-likeness (QED) is 0.459. The van der Waals surface area contributed by atoms with Gasteiger partial charge in [-0.05, 0) is 69.8 Å². The standard InChI is InChI=1S/C20H17I/c1-14-8-6-11-17(15(14)2)19-13-7-12-18(20(19)21)16-9-4-3-5-10-16/h3-13H,1-2H3. The number of rotatable bonds is 2. The molecule has 0 bridgehead atoms. The lowest BCUT2D eigenvalue weighted by molar-refractivity contribution is 1.34. The summed E-state index contributed by atoms with van der Waals surface area (Å²) in [4.78, 5) is 0. The molecule has 0 saturated heterocycles. The molecule has 0 atom stereocenters. The summed E-state index contributed by atoms with van der Waals surface area (Å²) in [5, 5.41) is 0. The third-order valence-electron chi connectivity index (χ3n) is 3.98. The van der Waals surface area contributed by atoms with Crippen LogP contribution in [0.3, 0.4) is 0 Å². The van der Waals surface area contributed by atoms with E-state index in [1.165, 1.54) is 37.0 Å². The van der Waals surface area contributed by atoms with E-state index in [1.54, 1.807) is 0 Å². The van der Waals surface area contributed by atoms with Gasteiger partial charge < -0.3 is 0 Å². The van der Waals surface area contributed by atoms with E-state index >= 15 is 0 Å². The Morgan fingerprint density at radius 2 is 1.24 bits per heavy atom. The maximum Gasteiger partial charge on any atom is 0.0287 e. The van der Waals surface area contributed by atoms with Gasteiger partial charge in [0, 0.05) is 3.57 Å². The number of hydrogen-bond acceptors (Lipinski definition) is 0. The second-order valence-corrected chi connectivity index (χ2v) is 6.36. The van der Waals surface area contributed by atoms with Crippen LogP contribution in [0.4, 0.5) is 0 Å². The summed E-state index contributed by atoms with van der Waals surface area (Å²) in [5.74, 6) is 0. The van der Waals surface area contributed by atoms with E-state index in [1.807, 2.05) is 0 Å². The summed E-state index contributed by atoms with van der Waals surface area (Å²) in [6.07, 6.45) is 0. The third-order valence-corrected chi connectivity index (χ3v) is 5.14. The first-order chi connectivity index (χ1) is 10.2. The van der Waals surface area contributed by atoms with Crippen LogP contribution in [0.25, 0.3) is 22.3 Å². The topological polar surface area (TPSA) is 0 Å². The fourth-order valence-corrected chi connectivity index (χ4v) is 3.59.